The predicted octanol–water partition coefficient (Wildman–Crippen LogP) is 5.54. The van der Waals surface area contributed by atoms with Crippen LogP contribution in [0.15, 0.2) is 72.1 Å². The van der Waals surface area contributed by atoms with Crippen molar-refractivity contribution in [1.82, 2.24) is 4.98 Å². The highest BCUT2D eigenvalue weighted by atomic mass is 32.1. The highest BCUT2D eigenvalue weighted by Gasteiger charge is 2.61. The summed E-state index contributed by atoms with van der Waals surface area (Å²) in [7, 11) is 0. The molecule has 7 nitrogen and oxygen atoms in total. The number of imide groups is 1. The Bertz CT molecular complexity index is 1630. The van der Waals surface area contributed by atoms with Gasteiger partial charge in [-0.2, -0.15) is 0 Å². The van der Waals surface area contributed by atoms with Crippen LogP contribution in [0.2, 0.25) is 0 Å². The number of carbonyl (C=O) groups excluding carboxylic acids is 4. The number of esters is 1. The molecule has 0 unspecified atom stereocenters. The van der Waals surface area contributed by atoms with Crippen molar-refractivity contribution in [2.75, 3.05) is 11.5 Å². The SMILES string of the molecule is O=C(COC(=O)c1cc(-c2cccc(N3C(=O)[C@@H]4[C@@H]5CC[C@@H](C5)[C@@H]4C3=O)c2)nc2ccccc12)c1cccs1. The fourth-order valence-electron chi connectivity index (χ4n) is 6.68. The molecule has 1 saturated heterocycles. The quantitative estimate of drug-likeness (QED) is 0.183. The zero-order valence-electron chi connectivity index (χ0n) is 20.9. The van der Waals surface area contributed by atoms with Crippen molar-refractivity contribution in [3.8, 4) is 11.3 Å². The maximum Gasteiger partial charge on any atom is 0.339 e. The number of benzene rings is 2. The molecule has 3 aliphatic rings. The number of ether oxygens (including phenoxy) is 1. The predicted molar refractivity (Wildman–Crippen MR) is 146 cm³/mol. The van der Waals surface area contributed by atoms with Crippen LogP contribution in [0.5, 0.6) is 0 Å². The van der Waals surface area contributed by atoms with E-state index in [1.807, 2.05) is 18.2 Å². The third kappa shape index (κ3) is 3.89. The number of nitrogens with zero attached hydrogens (tertiary/aromatic N) is 2. The first-order valence-electron chi connectivity index (χ1n) is 13.1. The van der Waals surface area contributed by atoms with Gasteiger partial charge in [0.15, 0.2) is 6.61 Å². The molecule has 8 heteroatoms. The van der Waals surface area contributed by atoms with Gasteiger partial charge in [-0.15, -0.1) is 11.3 Å². The van der Waals surface area contributed by atoms with E-state index in [1.165, 1.54) is 16.2 Å². The molecule has 2 aromatic carbocycles. The van der Waals surface area contributed by atoms with Gasteiger partial charge in [-0.3, -0.25) is 19.3 Å². The average molecular weight is 537 g/mol. The van der Waals surface area contributed by atoms with Gasteiger partial charge in [0, 0.05) is 10.9 Å². The van der Waals surface area contributed by atoms with Gasteiger partial charge in [-0.1, -0.05) is 36.4 Å². The summed E-state index contributed by atoms with van der Waals surface area (Å²) in [6, 6.07) is 19.5. The molecule has 3 heterocycles. The first kappa shape index (κ1) is 23.9. The lowest BCUT2D eigenvalue weighted by molar-refractivity contribution is -0.123. The number of Topliss-reactive ketones (excluding diaryl/α,β-unsaturated/α-hetero) is 1. The van der Waals surface area contributed by atoms with Crippen molar-refractivity contribution < 1.29 is 23.9 Å². The van der Waals surface area contributed by atoms with Crippen LogP contribution in [-0.2, 0) is 14.3 Å². The minimum Gasteiger partial charge on any atom is -0.454 e. The normalized spacial score (nSPS) is 23.4. The minimum absolute atomic E-state index is 0.0968. The molecule has 2 amide bonds. The number of rotatable bonds is 6. The summed E-state index contributed by atoms with van der Waals surface area (Å²) in [5.41, 5.74) is 2.58. The van der Waals surface area contributed by atoms with Crippen molar-refractivity contribution >= 4 is 51.5 Å². The molecular weight excluding hydrogens is 512 g/mol. The van der Waals surface area contributed by atoms with Crippen LogP contribution in [0.25, 0.3) is 22.2 Å². The Morgan fingerprint density at radius 1 is 0.923 bits per heavy atom. The van der Waals surface area contributed by atoms with Crippen molar-refractivity contribution in [3.05, 3.63) is 82.6 Å². The lowest BCUT2D eigenvalue weighted by Gasteiger charge is -2.19. The number of pyridine rings is 1. The van der Waals surface area contributed by atoms with Crippen LogP contribution in [0, 0.1) is 23.7 Å². The van der Waals surface area contributed by atoms with Gasteiger partial charge in [-0.25, -0.2) is 9.78 Å². The number of hydrogen-bond donors (Lipinski definition) is 0. The zero-order chi connectivity index (χ0) is 26.7. The van der Waals surface area contributed by atoms with E-state index in [0.29, 0.717) is 50.1 Å². The number of anilines is 1. The third-order valence-electron chi connectivity index (χ3n) is 8.39. The first-order chi connectivity index (χ1) is 19.0. The van der Waals surface area contributed by atoms with E-state index in [9.17, 15) is 19.2 Å². The average Bonchev–Trinajstić information content (AvgIpc) is 3.76. The Morgan fingerprint density at radius 2 is 1.69 bits per heavy atom. The summed E-state index contributed by atoms with van der Waals surface area (Å²) in [4.78, 5) is 58.9. The van der Waals surface area contributed by atoms with Gasteiger partial charge in [0.05, 0.1) is 39.2 Å². The van der Waals surface area contributed by atoms with Gasteiger partial charge >= 0.3 is 5.97 Å². The lowest BCUT2D eigenvalue weighted by atomic mass is 9.81. The number of aromatic nitrogens is 1. The first-order valence-corrected chi connectivity index (χ1v) is 14.0. The fourth-order valence-corrected chi connectivity index (χ4v) is 7.33. The molecule has 2 aliphatic carbocycles. The molecule has 7 rings (SSSR count). The number of fused-ring (bicyclic) bond motifs is 6. The second kappa shape index (κ2) is 9.24. The third-order valence-corrected chi connectivity index (χ3v) is 9.30. The maximum absolute atomic E-state index is 13.4. The Hall–Kier alpha value is -4.17. The van der Waals surface area contributed by atoms with E-state index in [0.717, 1.165) is 19.3 Å². The number of thiophene rings is 1. The van der Waals surface area contributed by atoms with Crippen molar-refractivity contribution in [2.24, 2.45) is 23.7 Å². The topological polar surface area (TPSA) is 93.6 Å². The second-order valence-corrected chi connectivity index (χ2v) is 11.4. The van der Waals surface area contributed by atoms with Gasteiger partial charge < -0.3 is 4.74 Å². The van der Waals surface area contributed by atoms with Crippen molar-refractivity contribution in [1.29, 1.82) is 0 Å². The fraction of sp³-hybridized carbons (Fsp3) is 0.258. The number of hydrogen-bond acceptors (Lipinski definition) is 7. The molecule has 0 N–H and O–H groups in total. The standard InChI is InChI=1S/C31H24N2O5S/c34-25(26-9-4-12-39-26)16-38-31(37)22-15-24(32-23-8-2-1-7-21(22)23)17-5-3-6-20(14-17)33-29(35)27-18-10-11-19(13-18)28(27)30(33)36/h1-9,12,14-15,18-19,27-28H,10-11,13,16H2/t18-,19+,27-,28+. The maximum atomic E-state index is 13.4. The van der Waals surface area contributed by atoms with E-state index >= 15 is 0 Å². The molecule has 0 spiro atoms. The van der Waals surface area contributed by atoms with E-state index in [4.69, 9.17) is 9.72 Å². The Labute approximate surface area is 228 Å². The second-order valence-electron chi connectivity index (χ2n) is 10.5. The van der Waals surface area contributed by atoms with E-state index in [-0.39, 0.29) is 36.0 Å². The molecular formula is C31H24N2O5S. The highest BCUT2D eigenvalue weighted by Crippen LogP contribution is 2.56. The van der Waals surface area contributed by atoms with Crippen molar-refractivity contribution in [2.45, 2.75) is 19.3 Å². The molecule has 4 aromatic rings. The van der Waals surface area contributed by atoms with Crippen LogP contribution in [0.1, 0.15) is 39.3 Å². The molecule has 2 aromatic heterocycles. The molecule has 2 saturated carbocycles. The van der Waals surface area contributed by atoms with Crippen LogP contribution in [0.3, 0.4) is 0 Å². The Kier molecular flexibility index (Phi) is 5.66. The molecule has 0 radical (unpaired) electrons. The largest absolute Gasteiger partial charge is 0.454 e. The number of carbonyl (C=O) groups is 4. The number of amides is 2. The van der Waals surface area contributed by atoms with Crippen molar-refractivity contribution in [3.63, 3.8) is 0 Å². The van der Waals surface area contributed by atoms with E-state index in [2.05, 4.69) is 0 Å². The van der Waals surface area contributed by atoms with E-state index in [1.54, 1.807) is 53.9 Å². The monoisotopic (exact) mass is 536 g/mol. The summed E-state index contributed by atoms with van der Waals surface area (Å²) in [6.07, 6.45) is 3.04. The van der Waals surface area contributed by atoms with Gasteiger partial charge in [0.25, 0.3) is 0 Å². The molecule has 3 fully saturated rings. The molecule has 39 heavy (non-hydrogen) atoms. The van der Waals surface area contributed by atoms with Gasteiger partial charge in [0.1, 0.15) is 0 Å². The van der Waals surface area contributed by atoms with Crippen LogP contribution in [0.4, 0.5) is 5.69 Å². The molecule has 2 bridgehead atoms. The minimum atomic E-state index is -0.621. The highest BCUT2D eigenvalue weighted by molar-refractivity contribution is 7.12. The lowest BCUT2D eigenvalue weighted by Crippen LogP contribution is -2.32. The summed E-state index contributed by atoms with van der Waals surface area (Å²) in [6.45, 7) is -0.357. The molecule has 4 atom stereocenters. The summed E-state index contributed by atoms with van der Waals surface area (Å²) < 4.78 is 5.41. The Balaban J connectivity index is 1.21. The van der Waals surface area contributed by atoms with Crippen LogP contribution in [-0.4, -0.2) is 35.2 Å². The summed E-state index contributed by atoms with van der Waals surface area (Å²) >= 11 is 1.30. The Morgan fingerprint density at radius 3 is 2.44 bits per heavy atom. The molecule has 194 valence electrons. The zero-order valence-corrected chi connectivity index (χ0v) is 21.7. The number of para-hydroxylation sites is 1. The van der Waals surface area contributed by atoms with Gasteiger partial charge in [0.2, 0.25) is 17.6 Å². The van der Waals surface area contributed by atoms with Crippen LogP contribution >= 0.6 is 11.3 Å². The summed E-state index contributed by atoms with van der Waals surface area (Å²) in [5, 5.41) is 2.41. The van der Waals surface area contributed by atoms with Crippen LogP contribution < -0.4 is 4.90 Å². The van der Waals surface area contributed by atoms with Gasteiger partial charge in [-0.05, 0) is 66.8 Å². The molecule has 1 aliphatic heterocycles. The number of ketones is 1. The van der Waals surface area contributed by atoms with E-state index < -0.39 is 5.97 Å². The smallest absolute Gasteiger partial charge is 0.339 e. The summed E-state index contributed by atoms with van der Waals surface area (Å²) in [5.74, 6) is -0.846.